The summed E-state index contributed by atoms with van der Waals surface area (Å²) in [6.07, 6.45) is 18.7. The van der Waals surface area contributed by atoms with Crippen LogP contribution in [0.1, 0.15) is 32.6 Å². The van der Waals surface area contributed by atoms with E-state index in [0.29, 0.717) is 0 Å². The van der Waals surface area contributed by atoms with Gasteiger partial charge >= 0.3 is 122 Å². The molecule has 2 rings (SSSR count). The Morgan fingerprint density at radius 1 is 1.06 bits per heavy atom. The SMILES string of the molecule is C1=CC[C]([Zr+2][C]2=CC=CC2)=C1.[Cl-].[Cl-].[Li][CH2]CCC. The van der Waals surface area contributed by atoms with Gasteiger partial charge in [0.05, 0.1) is 0 Å². The summed E-state index contributed by atoms with van der Waals surface area (Å²) in [6.45, 7) is 2.21. The second kappa shape index (κ2) is 14.4. The summed E-state index contributed by atoms with van der Waals surface area (Å²) in [6, 6.07) is 0. The molecule has 2 aliphatic carbocycles. The van der Waals surface area contributed by atoms with E-state index in [2.05, 4.69) is 61.1 Å². The summed E-state index contributed by atoms with van der Waals surface area (Å²) in [4.78, 5) is 0. The van der Waals surface area contributed by atoms with E-state index < -0.39 is 0 Å². The fraction of sp³-hybridized carbons (Fsp3) is 0.429. The van der Waals surface area contributed by atoms with Crippen LogP contribution in [0.25, 0.3) is 0 Å². The van der Waals surface area contributed by atoms with Crippen LogP contribution in [0.5, 0.6) is 0 Å². The number of hydrogen-bond donors (Lipinski definition) is 0. The summed E-state index contributed by atoms with van der Waals surface area (Å²) >= 11 is 1.90. The van der Waals surface area contributed by atoms with Crippen molar-refractivity contribution in [2.45, 2.75) is 37.7 Å². The molecule has 0 heterocycles. The fourth-order valence-electron chi connectivity index (χ4n) is 1.64. The first-order valence-corrected chi connectivity index (χ1v) is 8.81. The topological polar surface area (TPSA) is 0 Å². The molecule has 0 amide bonds. The van der Waals surface area contributed by atoms with Crippen molar-refractivity contribution < 1.29 is 48.0 Å². The van der Waals surface area contributed by atoms with E-state index in [-0.39, 0.29) is 48.0 Å². The van der Waals surface area contributed by atoms with Gasteiger partial charge in [0.2, 0.25) is 0 Å². The zero-order valence-electron chi connectivity index (χ0n) is 11.3. The molecular weight excluding hydrogens is 337 g/mol. The third-order valence-corrected chi connectivity index (χ3v) is 5.97. The van der Waals surface area contributed by atoms with Gasteiger partial charge in [-0.2, -0.15) is 0 Å². The Morgan fingerprint density at radius 3 is 1.78 bits per heavy atom. The molecule has 0 N–H and O–H groups in total. The van der Waals surface area contributed by atoms with Crippen molar-refractivity contribution in [1.29, 1.82) is 0 Å². The van der Waals surface area contributed by atoms with Crippen molar-refractivity contribution in [2.75, 3.05) is 0 Å². The van der Waals surface area contributed by atoms with E-state index in [1.165, 1.54) is 30.8 Å². The first-order chi connectivity index (χ1) is 7.86. The van der Waals surface area contributed by atoms with Crippen LogP contribution in [0.2, 0.25) is 5.09 Å². The van der Waals surface area contributed by atoms with E-state index in [4.69, 9.17) is 0 Å². The Morgan fingerprint density at radius 2 is 1.56 bits per heavy atom. The number of allylic oxidation sites excluding steroid dienone is 8. The molecule has 0 aliphatic heterocycles. The van der Waals surface area contributed by atoms with Crippen molar-refractivity contribution in [2.24, 2.45) is 0 Å². The molecule has 18 heavy (non-hydrogen) atoms. The number of hydrogen-bond acceptors (Lipinski definition) is 0. The molecule has 0 unspecified atom stereocenters. The molecule has 0 bridgehead atoms. The molecule has 0 spiro atoms. The van der Waals surface area contributed by atoms with Gasteiger partial charge in [0.25, 0.3) is 0 Å². The molecule has 4 heteroatoms. The molecule has 0 aromatic heterocycles. The summed E-state index contributed by atoms with van der Waals surface area (Å²) < 4.78 is 3.45. The van der Waals surface area contributed by atoms with Crippen LogP contribution in [0, 0.1) is 0 Å². The third kappa shape index (κ3) is 9.89. The summed E-state index contributed by atoms with van der Waals surface area (Å²) in [7, 11) is 0. The average Bonchev–Trinajstić information content (AvgIpc) is 2.94. The monoisotopic (exact) mass is 354 g/mol. The van der Waals surface area contributed by atoms with Crippen LogP contribution in [0.15, 0.2) is 43.0 Å². The van der Waals surface area contributed by atoms with Crippen LogP contribution >= 0.6 is 0 Å². The van der Waals surface area contributed by atoms with E-state index in [1.54, 1.807) is 6.56 Å². The first kappa shape index (κ1) is 21.3. The fourth-order valence-corrected chi connectivity index (χ4v) is 4.62. The zero-order valence-corrected chi connectivity index (χ0v) is 15.2. The number of unbranched alkanes of at least 4 members (excludes halogenated alkanes) is 1. The molecular formula is C14H19Cl2LiZr. The van der Waals surface area contributed by atoms with Crippen molar-refractivity contribution in [3.63, 3.8) is 0 Å². The van der Waals surface area contributed by atoms with Gasteiger partial charge < -0.3 is 24.8 Å². The summed E-state index contributed by atoms with van der Waals surface area (Å²) in [5, 5.41) is 1.34. The molecule has 2 aliphatic rings. The van der Waals surface area contributed by atoms with E-state index in [9.17, 15) is 0 Å². The Bertz CT molecular complexity index is 290. The molecule has 0 nitrogen and oxygen atoms in total. The molecule has 0 radical (unpaired) electrons. The van der Waals surface area contributed by atoms with Gasteiger partial charge in [0.15, 0.2) is 0 Å². The third-order valence-electron chi connectivity index (χ3n) is 2.57. The van der Waals surface area contributed by atoms with Gasteiger partial charge in [-0.15, -0.1) is 0 Å². The van der Waals surface area contributed by atoms with Crippen LogP contribution in [-0.4, -0.2) is 17.7 Å². The second-order valence-electron chi connectivity index (χ2n) is 4.13. The van der Waals surface area contributed by atoms with Crippen LogP contribution in [0.3, 0.4) is 0 Å². The number of halogens is 2. The van der Waals surface area contributed by atoms with Gasteiger partial charge in [-0.05, 0) is 0 Å². The number of rotatable bonds is 4. The van der Waals surface area contributed by atoms with Gasteiger partial charge in [0, 0.05) is 0 Å². The molecule has 0 aromatic carbocycles. The van der Waals surface area contributed by atoms with Gasteiger partial charge in [-0.1, -0.05) is 0 Å². The van der Waals surface area contributed by atoms with Crippen molar-refractivity contribution in [3.05, 3.63) is 43.0 Å². The molecule has 0 saturated heterocycles. The molecule has 94 valence electrons. The van der Waals surface area contributed by atoms with Gasteiger partial charge in [0.1, 0.15) is 0 Å². The summed E-state index contributed by atoms with van der Waals surface area (Å²) in [5.74, 6) is 0. The van der Waals surface area contributed by atoms with Crippen LogP contribution < -0.4 is 24.8 Å². The normalized spacial score (nSPS) is 14.6. The first-order valence-electron chi connectivity index (χ1n) is 6.35. The minimum atomic E-state index is -0.312. The minimum absolute atomic E-state index is 0. The van der Waals surface area contributed by atoms with Crippen molar-refractivity contribution in [3.8, 4) is 0 Å². The maximum atomic E-state index is 2.31. The Balaban J connectivity index is 0. The van der Waals surface area contributed by atoms with E-state index in [0.717, 1.165) is 0 Å². The zero-order chi connectivity index (χ0) is 11.6. The van der Waals surface area contributed by atoms with Gasteiger partial charge in [-0.25, -0.2) is 0 Å². The molecule has 0 saturated carbocycles. The van der Waals surface area contributed by atoms with Crippen LogP contribution in [0.4, 0.5) is 0 Å². The molecule has 0 atom stereocenters. The Labute approximate surface area is 145 Å². The summed E-state index contributed by atoms with van der Waals surface area (Å²) in [5.41, 5.74) is 0. The van der Waals surface area contributed by atoms with Gasteiger partial charge in [-0.3, -0.25) is 0 Å². The van der Waals surface area contributed by atoms with Crippen LogP contribution in [-0.2, 0) is 23.2 Å². The Hall–Kier alpha value is 1.02. The standard InChI is InChI=1S/2C5H5.C4H9.2ClH.Li.Zr/c2*1-2-4-5-3-1;1-3-4-2;;;;/h2*1-3H,4H2;1,3-4H2,2H3;2*1H;;/q;;;;;;+2/p-2. The molecule has 0 fully saturated rings. The Kier molecular flexibility index (Phi) is 17.1. The van der Waals surface area contributed by atoms with E-state index >= 15 is 0 Å². The van der Waals surface area contributed by atoms with Crippen molar-refractivity contribution in [1.82, 2.24) is 0 Å². The predicted octanol–water partition coefficient (Wildman–Crippen LogP) is -1.86. The predicted molar refractivity (Wildman–Crippen MR) is 69.1 cm³/mol. The second-order valence-corrected chi connectivity index (χ2v) is 7.90. The average molecular weight is 356 g/mol. The maximum absolute atomic E-state index is 2.31. The quantitative estimate of drug-likeness (QED) is 0.519. The van der Waals surface area contributed by atoms with E-state index in [1.807, 2.05) is 0 Å². The van der Waals surface area contributed by atoms with Crippen molar-refractivity contribution >= 4 is 17.7 Å². The molecule has 0 aromatic rings.